The molecule has 0 aromatic carbocycles. The summed E-state index contributed by atoms with van der Waals surface area (Å²) in [5.41, 5.74) is 0. The van der Waals surface area contributed by atoms with Crippen molar-refractivity contribution in [2.75, 3.05) is 13.1 Å². The first-order valence-corrected chi connectivity index (χ1v) is 7.48. The molecule has 2 rings (SSSR count). The Kier molecular flexibility index (Phi) is 4.40. The van der Waals surface area contributed by atoms with Crippen molar-refractivity contribution in [3.63, 3.8) is 0 Å². The van der Waals surface area contributed by atoms with E-state index < -0.39 is 0 Å². The topological polar surface area (TPSA) is 20.3 Å². The predicted octanol–water partition coefficient (Wildman–Crippen LogP) is 3.78. The number of nitrogens with zero attached hydrogens (tertiary/aromatic N) is 1. The SMILES string of the molecule is CC1CCCN(C(=O)C=Cc2ccc(Br)s2)C1. The molecule has 1 fully saturated rings. The van der Waals surface area contributed by atoms with Crippen LogP contribution in [0.1, 0.15) is 24.6 Å². The van der Waals surface area contributed by atoms with Gasteiger partial charge in [-0.2, -0.15) is 0 Å². The van der Waals surface area contributed by atoms with E-state index in [4.69, 9.17) is 0 Å². The lowest BCUT2D eigenvalue weighted by Crippen LogP contribution is -2.38. The van der Waals surface area contributed by atoms with Gasteiger partial charge in [-0.15, -0.1) is 11.3 Å². The maximum atomic E-state index is 12.0. The smallest absolute Gasteiger partial charge is 0.246 e. The van der Waals surface area contributed by atoms with Gasteiger partial charge in [0, 0.05) is 24.0 Å². The minimum atomic E-state index is 0.140. The fourth-order valence-corrected chi connectivity index (χ4v) is 3.39. The largest absolute Gasteiger partial charge is 0.339 e. The van der Waals surface area contributed by atoms with Gasteiger partial charge < -0.3 is 4.90 Å². The van der Waals surface area contributed by atoms with Crippen LogP contribution in [-0.4, -0.2) is 23.9 Å². The van der Waals surface area contributed by atoms with Crippen LogP contribution >= 0.6 is 27.3 Å². The van der Waals surface area contributed by atoms with E-state index in [1.54, 1.807) is 17.4 Å². The fraction of sp³-hybridized carbons (Fsp3) is 0.462. The van der Waals surface area contributed by atoms with E-state index in [1.165, 1.54) is 6.42 Å². The van der Waals surface area contributed by atoms with Crippen molar-refractivity contribution in [1.82, 2.24) is 4.90 Å². The van der Waals surface area contributed by atoms with Crippen LogP contribution in [0.5, 0.6) is 0 Å². The lowest BCUT2D eigenvalue weighted by atomic mass is 10.0. The maximum absolute atomic E-state index is 12.0. The highest BCUT2D eigenvalue weighted by Gasteiger charge is 2.18. The normalized spacial score (nSPS) is 21.1. The molecule has 4 heteroatoms. The minimum absolute atomic E-state index is 0.140. The molecule has 2 nitrogen and oxygen atoms in total. The quantitative estimate of drug-likeness (QED) is 0.761. The average molecular weight is 314 g/mol. The zero-order valence-corrected chi connectivity index (χ0v) is 12.3. The fourth-order valence-electron chi connectivity index (χ4n) is 2.07. The van der Waals surface area contributed by atoms with Gasteiger partial charge in [-0.05, 0) is 52.9 Å². The summed E-state index contributed by atoms with van der Waals surface area (Å²) in [6.07, 6.45) is 5.96. The molecule has 1 aliphatic heterocycles. The molecule has 0 aliphatic carbocycles. The van der Waals surface area contributed by atoms with Crippen LogP contribution in [0.2, 0.25) is 0 Å². The summed E-state index contributed by atoms with van der Waals surface area (Å²) in [6.45, 7) is 4.01. The van der Waals surface area contributed by atoms with Crippen LogP contribution in [-0.2, 0) is 4.79 Å². The first-order valence-electron chi connectivity index (χ1n) is 5.87. The molecule has 0 N–H and O–H groups in total. The number of thiophene rings is 1. The van der Waals surface area contributed by atoms with Crippen molar-refractivity contribution < 1.29 is 4.79 Å². The molecule has 2 heterocycles. The van der Waals surface area contributed by atoms with Gasteiger partial charge in [0.25, 0.3) is 0 Å². The summed E-state index contributed by atoms with van der Waals surface area (Å²) in [4.78, 5) is 15.0. The van der Waals surface area contributed by atoms with Crippen molar-refractivity contribution >= 4 is 39.2 Å². The molecule has 0 saturated carbocycles. The molecule has 0 radical (unpaired) electrons. The number of amides is 1. The molecule has 0 bridgehead atoms. The molecule has 1 saturated heterocycles. The first-order chi connectivity index (χ1) is 8.15. The zero-order valence-electron chi connectivity index (χ0n) is 9.86. The van der Waals surface area contributed by atoms with E-state index in [0.29, 0.717) is 5.92 Å². The Morgan fingerprint density at radius 1 is 1.59 bits per heavy atom. The van der Waals surface area contributed by atoms with Crippen molar-refractivity contribution in [3.05, 3.63) is 26.9 Å². The predicted molar refractivity (Wildman–Crippen MR) is 76.0 cm³/mol. The molecule has 1 aromatic rings. The van der Waals surface area contributed by atoms with Crippen LogP contribution in [0, 0.1) is 5.92 Å². The second kappa shape index (κ2) is 5.83. The van der Waals surface area contributed by atoms with E-state index in [-0.39, 0.29) is 5.91 Å². The number of rotatable bonds is 2. The number of piperidine rings is 1. The number of carbonyl (C=O) groups excluding carboxylic acids is 1. The van der Waals surface area contributed by atoms with Gasteiger partial charge in [-0.3, -0.25) is 4.79 Å². The van der Waals surface area contributed by atoms with E-state index in [2.05, 4.69) is 22.9 Å². The van der Waals surface area contributed by atoms with Gasteiger partial charge >= 0.3 is 0 Å². The number of carbonyl (C=O) groups is 1. The molecule has 1 aliphatic rings. The van der Waals surface area contributed by atoms with E-state index in [9.17, 15) is 4.79 Å². The van der Waals surface area contributed by atoms with Crippen LogP contribution < -0.4 is 0 Å². The summed E-state index contributed by atoms with van der Waals surface area (Å²) in [5, 5.41) is 0. The summed E-state index contributed by atoms with van der Waals surface area (Å²) in [7, 11) is 0. The Morgan fingerprint density at radius 3 is 3.06 bits per heavy atom. The van der Waals surface area contributed by atoms with Crippen molar-refractivity contribution in [2.45, 2.75) is 19.8 Å². The van der Waals surface area contributed by atoms with Gasteiger partial charge in [0.1, 0.15) is 0 Å². The molecular weight excluding hydrogens is 298 g/mol. The van der Waals surface area contributed by atoms with Crippen LogP contribution in [0.25, 0.3) is 6.08 Å². The lowest BCUT2D eigenvalue weighted by Gasteiger charge is -2.30. The standard InChI is InChI=1S/C13H16BrNOS/c1-10-3-2-8-15(9-10)13(16)7-5-11-4-6-12(14)17-11/h4-7,10H,2-3,8-9H2,1H3. The third-order valence-corrected chi connectivity index (χ3v) is 4.54. The van der Waals surface area contributed by atoms with E-state index >= 15 is 0 Å². The highest BCUT2D eigenvalue weighted by atomic mass is 79.9. The first kappa shape index (κ1) is 12.8. The average Bonchev–Trinajstić information content (AvgIpc) is 2.72. The highest BCUT2D eigenvalue weighted by Crippen LogP contribution is 2.23. The molecule has 0 spiro atoms. The van der Waals surface area contributed by atoms with Crippen LogP contribution in [0.15, 0.2) is 22.0 Å². The monoisotopic (exact) mass is 313 g/mol. The third kappa shape index (κ3) is 3.68. The summed E-state index contributed by atoms with van der Waals surface area (Å²) >= 11 is 5.05. The maximum Gasteiger partial charge on any atom is 0.246 e. The number of hydrogen-bond donors (Lipinski definition) is 0. The van der Waals surface area contributed by atoms with Gasteiger partial charge in [0.05, 0.1) is 3.79 Å². The Hall–Kier alpha value is -0.610. The highest BCUT2D eigenvalue weighted by molar-refractivity contribution is 9.11. The van der Waals surface area contributed by atoms with Gasteiger partial charge in [-0.1, -0.05) is 6.92 Å². The van der Waals surface area contributed by atoms with E-state index in [0.717, 1.165) is 28.2 Å². The van der Waals surface area contributed by atoms with Crippen molar-refractivity contribution in [2.24, 2.45) is 5.92 Å². The summed E-state index contributed by atoms with van der Waals surface area (Å²) in [5.74, 6) is 0.776. The second-order valence-corrected chi connectivity index (χ2v) is 7.00. The number of likely N-dealkylation sites (tertiary alicyclic amines) is 1. The van der Waals surface area contributed by atoms with Crippen molar-refractivity contribution in [3.8, 4) is 0 Å². The number of halogens is 1. The molecule has 92 valence electrons. The minimum Gasteiger partial charge on any atom is -0.339 e. The Morgan fingerprint density at radius 2 is 2.41 bits per heavy atom. The van der Waals surface area contributed by atoms with Crippen LogP contribution in [0.4, 0.5) is 0 Å². The lowest BCUT2D eigenvalue weighted by molar-refractivity contribution is -0.127. The molecule has 1 unspecified atom stereocenters. The third-order valence-electron chi connectivity index (χ3n) is 2.95. The van der Waals surface area contributed by atoms with Gasteiger partial charge in [0.15, 0.2) is 0 Å². The molecular formula is C13H16BrNOS. The second-order valence-electron chi connectivity index (χ2n) is 4.51. The van der Waals surface area contributed by atoms with E-state index in [1.807, 2.05) is 23.1 Å². The molecule has 1 amide bonds. The Labute approximate surface area is 114 Å². The molecule has 17 heavy (non-hydrogen) atoms. The molecule has 1 aromatic heterocycles. The van der Waals surface area contributed by atoms with Gasteiger partial charge in [0.2, 0.25) is 5.91 Å². The zero-order chi connectivity index (χ0) is 12.3. The summed E-state index contributed by atoms with van der Waals surface area (Å²) < 4.78 is 1.09. The molecule has 1 atom stereocenters. The van der Waals surface area contributed by atoms with Crippen LogP contribution in [0.3, 0.4) is 0 Å². The van der Waals surface area contributed by atoms with Gasteiger partial charge in [-0.25, -0.2) is 0 Å². The number of hydrogen-bond acceptors (Lipinski definition) is 2. The van der Waals surface area contributed by atoms with Crippen molar-refractivity contribution in [1.29, 1.82) is 0 Å². The summed E-state index contributed by atoms with van der Waals surface area (Å²) in [6, 6.07) is 4.01. The Bertz CT molecular complexity index is 427. The Balaban J connectivity index is 1.94.